The monoisotopic (exact) mass is 432 g/mol. The fourth-order valence-electron chi connectivity index (χ4n) is 3.49. The van der Waals surface area contributed by atoms with Crippen LogP contribution in [0, 0.1) is 0 Å². The van der Waals surface area contributed by atoms with Crippen LogP contribution in [0.2, 0.25) is 0 Å². The second kappa shape index (κ2) is 9.27. The van der Waals surface area contributed by atoms with E-state index in [1.807, 2.05) is 6.07 Å². The van der Waals surface area contributed by atoms with Crippen molar-refractivity contribution in [3.8, 4) is 5.75 Å². The van der Waals surface area contributed by atoms with E-state index in [1.165, 1.54) is 19.2 Å². The van der Waals surface area contributed by atoms with E-state index < -0.39 is 34.0 Å². The molecule has 0 unspecified atom stereocenters. The number of hydrogen-bond acceptors (Lipinski definition) is 5. The first-order valence-corrected chi connectivity index (χ1v) is 11.0. The number of rotatable bonds is 8. The van der Waals surface area contributed by atoms with Crippen molar-refractivity contribution in [1.29, 1.82) is 0 Å². The molecule has 0 spiro atoms. The molecule has 9 heteroatoms. The minimum atomic E-state index is -3.90. The number of carboxylic acid groups (broad SMARTS) is 1. The highest BCUT2D eigenvalue weighted by Crippen LogP contribution is 2.27. The van der Waals surface area contributed by atoms with Crippen molar-refractivity contribution in [1.82, 2.24) is 9.62 Å². The summed E-state index contributed by atoms with van der Waals surface area (Å²) < 4.78 is 32.3. The maximum Gasteiger partial charge on any atom is 0.326 e. The topological polar surface area (TPSA) is 113 Å². The molecule has 2 N–H and O–H groups in total. The van der Waals surface area contributed by atoms with Crippen LogP contribution in [0.15, 0.2) is 59.5 Å². The Morgan fingerprint density at radius 2 is 1.83 bits per heavy atom. The zero-order valence-corrected chi connectivity index (χ0v) is 17.3. The molecule has 1 fully saturated rings. The maximum atomic E-state index is 13.0. The fourth-order valence-corrected chi connectivity index (χ4v) is 5.15. The highest BCUT2D eigenvalue weighted by atomic mass is 32.2. The van der Waals surface area contributed by atoms with Crippen LogP contribution in [-0.4, -0.2) is 55.4 Å². The van der Waals surface area contributed by atoms with E-state index in [-0.39, 0.29) is 17.9 Å². The normalized spacial score (nSPS) is 18.0. The van der Waals surface area contributed by atoms with Gasteiger partial charge in [0.1, 0.15) is 17.8 Å². The maximum absolute atomic E-state index is 13.0. The van der Waals surface area contributed by atoms with Gasteiger partial charge in [0.05, 0.1) is 12.0 Å². The predicted molar refractivity (Wildman–Crippen MR) is 110 cm³/mol. The van der Waals surface area contributed by atoms with Crippen molar-refractivity contribution in [2.75, 3.05) is 13.7 Å². The van der Waals surface area contributed by atoms with Crippen molar-refractivity contribution in [3.05, 3.63) is 60.2 Å². The molecule has 160 valence electrons. The molecule has 2 aromatic rings. The van der Waals surface area contributed by atoms with Crippen LogP contribution >= 0.6 is 0 Å². The Kier molecular flexibility index (Phi) is 6.73. The molecule has 3 rings (SSSR count). The first-order chi connectivity index (χ1) is 14.3. The van der Waals surface area contributed by atoms with E-state index in [0.717, 1.165) is 9.87 Å². The molecular formula is C21H24N2O6S. The van der Waals surface area contributed by atoms with Gasteiger partial charge < -0.3 is 15.2 Å². The molecule has 1 amide bonds. The molecule has 0 saturated carbocycles. The number of ether oxygens (including phenoxy) is 1. The zero-order valence-electron chi connectivity index (χ0n) is 16.5. The van der Waals surface area contributed by atoms with Gasteiger partial charge in [-0.3, -0.25) is 4.79 Å². The van der Waals surface area contributed by atoms with Crippen LogP contribution in [0.5, 0.6) is 5.75 Å². The van der Waals surface area contributed by atoms with Crippen LogP contribution in [0.4, 0.5) is 0 Å². The second-order valence-corrected chi connectivity index (χ2v) is 8.93. The average molecular weight is 432 g/mol. The summed E-state index contributed by atoms with van der Waals surface area (Å²) in [6, 6.07) is 12.8. The van der Waals surface area contributed by atoms with E-state index in [0.29, 0.717) is 18.6 Å². The lowest BCUT2D eigenvalue weighted by atomic mass is 10.1. The molecular weight excluding hydrogens is 408 g/mol. The first kappa shape index (κ1) is 21.8. The van der Waals surface area contributed by atoms with Crippen LogP contribution < -0.4 is 10.1 Å². The average Bonchev–Trinajstić information content (AvgIpc) is 3.25. The SMILES string of the molecule is COc1ccc(S(=O)(=O)N2CCC[C@H]2C(=O)N[C@@H](Cc2ccccc2)C(=O)O)cc1. The highest BCUT2D eigenvalue weighted by Gasteiger charge is 2.40. The van der Waals surface area contributed by atoms with Crippen LogP contribution in [0.1, 0.15) is 18.4 Å². The Bertz CT molecular complexity index is 992. The second-order valence-electron chi connectivity index (χ2n) is 7.04. The Morgan fingerprint density at radius 1 is 1.17 bits per heavy atom. The minimum Gasteiger partial charge on any atom is -0.497 e. The van der Waals surface area contributed by atoms with E-state index in [9.17, 15) is 23.1 Å². The molecule has 1 saturated heterocycles. The largest absolute Gasteiger partial charge is 0.497 e. The van der Waals surface area contributed by atoms with E-state index >= 15 is 0 Å². The van der Waals surface area contributed by atoms with Crippen molar-refractivity contribution < 1.29 is 27.9 Å². The molecule has 30 heavy (non-hydrogen) atoms. The first-order valence-electron chi connectivity index (χ1n) is 9.56. The lowest BCUT2D eigenvalue weighted by Crippen LogP contribution is -2.51. The number of carbonyl (C=O) groups excluding carboxylic acids is 1. The van der Waals surface area contributed by atoms with Gasteiger partial charge in [0.25, 0.3) is 0 Å². The summed E-state index contributed by atoms with van der Waals surface area (Å²) in [6.45, 7) is 0.197. The molecule has 1 aliphatic heterocycles. The smallest absolute Gasteiger partial charge is 0.326 e. The summed E-state index contributed by atoms with van der Waals surface area (Å²) >= 11 is 0. The third-order valence-electron chi connectivity index (χ3n) is 5.07. The molecule has 0 bridgehead atoms. The van der Waals surface area contributed by atoms with Crippen molar-refractivity contribution >= 4 is 21.9 Å². The molecule has 1 heterocycles. The summed E-state index contributed by atoms with van der Waals surface area (Å²) in [5, 5.41) is 12.0. The summed E-state index contributed by atoms with van der Waals surface area (Å²) in [5.41, 5.74) is 0.763. The van der Waals surface area contributed by atoms with Crippen molar-refractivity contribution in [2.45, 2.75) is 36.2 Å². The number of benzene rings is 2. The van der Waals surface area contributed by atoms with Gasteiger partial charge in [0.15, 0.2) is 0 Å². The molecule has 2 aromatic carbocycles. The minimum absolute atomic E-state index is 0.0575. The lowest BCUT2D eigenvalue weighted by molar-refractivity contribution is -0.142. The number of amides is 1. The summed E-state index contributed by atoms with van der Waals surface area (Å²) in [7, 11) is -2.42. The van der Waals surface area contributed by atoms with Crippen LogP contribution in [0.3, 0.4) is 0 Å². The van der Waals surface area contributed by atoms with Gasteiger partial charge in [-0.25, -0.2) is 13.2 Å². The molecule has 0 radical (unpaired) electrons. The molecule has 0 aliphatic carbocycles. The quantitative estimate of drug-likeness (QED) is 0.656. The van der Waals surface area contributed by atoms with Gasteiger partial charge in [0.2, 0.25) is 15.9 Å². The molecule has 8 nitrogen and oxygen atoms in total. The summed E-state index contributed by atoms with van der Waals surface area (Å²) in [6.07, 6.45) is 0.961. The number of hydrogen-bond donors (Lipinski definition) is 2. The van der Waals surface area contributed by atoms with E-state index in [1.54, 1.807) is 36.4 Å². The van der Waals surface area contributed by atoms with Gasteiger partial charge in [-0.2, -0.15) is 4.31 Å². The molecule has 1 aliphatic rings. The fraction of sp³-hybridized carbons (Fsp3) is 0.333. The number of carbonyl (C=O) groups is 2. The lowest BCUT2D eigenvalue weighted by Gasteiger charge is -2.25. The zero-order chi connectivity index (χ0) is 21.7. The van der Waals surface area contributed by atoms with Gasteiger partial charge in [-0.15, -0.1) is 0 Å². The Hall–Kier alpha value is -2.91. The van der Waals surface area contributed by atoms with E-state index in [2.05, 4.69) is 5.32 Å². The number of aliphatic carboxylic acids is 1. The Morgan fingerprint density at radius 3 is 2.43 bits per heavy atom. The predicted octanol–water partition coefficient (Wildman–Crippen LogP) is 1.66. The third kappa shape index (κ3) is 4.80. The van der Waals surface area contributed by atoms with Gasteiger partial charge >= 0.3 is 5.97 Å². The van der Waals surface area contributed by atoms with E-state index in [4.69, 9.17) is 4.74 Å². The van der Waals surface area contributed by atoms with Gasteiger partial charge in [0, 0.05) is 13.0 Å². The Labute approximate surface area is 175 Å². The summed E-state index contributed by atoms with van der Waals surface area (Å²) in [5.74, 6) is -1.25. The van der Waals surface area contributed by atoms with Crippen molar-refractivity contribution in [3.63, 3.8) is 0 Å². The Balaban J connectivity index is 1.76. The van der Waals surface area contributed by atoms with Crippen LogP contribution in [0.25, 0.3) is 0 Å². The number of nitrogens with zero attached hydrogens (tertiary/aromatic N) is 1. The number of carboxylic acids is 1. The summed E-state index contributed by atoms with van der Waals surface area (Å²) in [4.78, 5) is 24.6. The van der Waals surface area contributed by atoms with Gasteiger partial charge in [-0.1, -0.05) is 30.3 Å². The molecule has 2 atom stereocenters. The standard InChI is InChI=1S/C21H24N2O6S/c1-29-16-9-11-17(12-10-16)30(27,28)23-13-5-8-19(23)20(24)22-18(21(25)26)14-15-6-3-2-4-7-15/h2-4,6-7,9-12,18-19H,5,8,13-14H2,1H3,(H,22,24)(H,25,26)/t18-,19-/m0/s1. The van der Waals surface area contributed by atoms with Gasteiger partial charge in [-0.05, 0) is 42.7 Å². The number of nitrogens with one attached hydrogen (secondary N) is 1. The third-order valence-corrected chi connectivity index (χ3v) is 6.99. The highest BCUT2D eigenvalue weighted by molar-refractivity contribution is 7.89. The van der Waals surface area contributed by atoms with Crippen LogP contribution in [-0.2, 0) is 26.0 Å². The number of methoxy groups -OCH3 is 1. The molecule has 0 aromatic heterocycles. The van der Waals surface area contributed by atoms with Crippen molar-refractivity contribution in [2.24, 2.45) is 0 Å². The number of sulfonamides is 1.